The predicted octanol–water partition coefficient (Wildman–Crippen LogP) is 12.2. The fraction of sp³-hybridized carbons (Fsp3) is 0.0870. The van der Waals surface area contributed by atoms with E-state index in [1.165, 1.54) is 94.7 Å². The van der Waals surface area contributed by atoms with Crippen LogP contribution in [0.5, 0.6) is 0 Å². The zero-order chi connectivity index (χ0) is 31.5. The zero-order valence-corrected chi connectivity index (χ0v) is 26.8. The van der Waals surface area contributed by atoms with Crippen LogP contribution in [0.3, 0.4) is 0 Å². The Hall–Kier alpha value is -5.66. The van der Waals surface area contributed by atoms with E-state index in [2.05, 4.69) is 165 Å². The van der Waals surface area contributed by atoms with Gasteiger partial charge in [-0.05, 0) is 110 Å². The molecule has 0 spiro atoms. The first kappa shape index (κ1) is 27.6. The van der Waals surface area contributed by atoms with Gasteiger partial charge in [0, 0.05) is 23.2 Å². The third kappa shape index (κ3) is 4.46. The van der Waals surface area contributed by atoms with Crippen molar-refractivity contribution in [2.24, 2.45) is 0 Å². The first-order chi connectivity index (χ1) is 23.2. The van der Waals surface area contributed by atoms with E-state index >= 15 is 0 Å². The highest BCUT2D eigenvalue weighted by molar-refractivity contribution is 6.02. The molecule has 0 bridgehead atoms. The smallest absolute Gasteiger partial charge is 0.0512 e. The van der Waals surface area contributed by atoms with E-state index in [0.717, 1.165) is 18.5 Å². The van der Waals surface area contributed by atoms with Crippen LogP contribution in [0, 0.1) is 13.8 Å². The second-order valence-electron chi connectivity index (χ2n) is 13.0. The number of hydrogen-bond acceptors (Lipinski definition) is 1. The van der Waals surface area contributed by atoms with Crippen molar-refractivity contribution in [3.63, 3.8) is 0 Å². The maximum atomic E-state index is 4.16. The van der Waals surface area contributed by atoms with Crippen LogP contribution in [-0.4, -0.2) is 0 Å². The van der Waals surface area contributed by atoms with Crippen LogP contribution in [0.25, 0.3) is 55.6 Å². The van der Waals surface area contributed by atoms with Crippen LogP contribution < -0.4 is 5.32 Å². The van der Waals surface area contributed by atoms with Gasteiger partial charge in [-0.1, -0.05) is 133 Å². The number of hydrogen-bond donors (Lipinski definition) is 1. The van der Waals surface area contributed by atoms with Crippen molar-refractivity contribution in [3.8, 4) is 55.6 Å². The van der Waals surface area contributed by atoms with Crippen molar-refractivity contribution in [2.45, 2.75) is 26.7 Å². The molecule has 0 saturated heterocycles. The Bertz CT molecular complexity index is 2330. The number of anilines is 2. The van der Waals surface area contributed by atoms with Crippen LogP contribution >= 0.6 is 0 Å². The molecule has 0 radical (unpaired) electrons. The lowest BCUT2D eigenvalue weighted by Gasteiger charge is -2.24. The Morgan fingerprint density at radius 1 is 0.426 bits per heavy atom. The Kier molecular flexibility index (Phi) is 6.47. The molecule has 7 aromatic rings. The quantitative estimate of drug-likeness (QED) is 0.207. The minimum atomic E-state index is 0.902. The van der Waals surface area contributed by atoms with Crippen molar-refractivity contribution >= 4 is 11.4 Å². The maximum absolute atomic E-state index is 4.16. The summed E-state index contributed by atoms with van der Waals surface area (Å²) >= 11 is 0. The summed E-state index contributed by atoms with van der Waals surface area (Å²) in [4.78, 5) is 0. The van der Waals surface area contributed by atoms with Gasteiger partial charge in [0.1, 0.15) is 0 Å². The van der Waals surface area contributed by atoms with E-state index in [4.69, 9.17) is 0 Å². The van der Waals surface area contributed by atoms with Gasteiger partial charge in [0.15, 0.2) is 0 Å². The molecular formula is C46H35N. The molecule has 0 atom stereocenters. The molecule has 0 aromatic heterocycles. The van der Waals surface area contributed by atoms with Gasteiger partial charge in [0.2, 0.25) is 0 Å². The summed E-state index contributed by atoms with van der Waals surface area (Å²) in [6, 6.07) is 53.5. The van der Waals surface area contributed by atoms with Crippen LogP contribution in [0.2, 0.25) is 0 Å². The van der Waals surface area contributed by atoms with Gasteiger partial charge in [-0.2, -0.15) is 0 Å². The SMILES string of the molecule is Cc1ccc(Nc2c3c(cc(-c4ccccc4)c2-c2ccccc2)-c2ccccc2C3)c(-c2cccc3c2Cc2ccccc2-3)c1C. The van der Waals surface area contributed by atoms with E-state index < -0.39 is 0 Å². The summed E-state index contributed by atoms with van der Waals surface area (Å²) in [7, 11) is 0. The molecule has 1 heteroatoms. The Balaban J connectivity index is 1.31. The summed E-state index contributed by atoms with van der Waals surface area (Å²) in [5.41, 5.74) is 23.5. The predicted molar refractivity (Wildman–Crippen MR) is 198 cm³/mol. The normalized spacial score (nSPS) is 12.3. The van der Waals surface area contributed by atoms with Crippen LogP contribution in [0.4, 0.5) is 11.4 Å². The number of fused-ring (bicyclic) bond motifs is 6. The van der Waals surface area contributed by atoms with Crippen LogP contribution in [0.1, 0.15) is 33.4 Å². The Morgan fingerprint density at radius 2 is 1.00 bits per heavy atom. The van der Waals surface area contributed by atoms with Gasteiger partial charge in [0.25, 0.3) is 0 Å². The average Bonchev–Trinajstić information content (AvgIpc) is 3.69. The monoisotopic (exact) mass is 601 g/mol. The lowest BCUT2D eigenvalue weighted by molar-refractivity contribution is 1.24. The highest BCUT2D eigenvalue weighted by Gasteiger charge is 2.29. The molecule has 0 saturated carbocycles. The van der Waals surface area contributed by atoms with Gasteiger partial charge >= 0.3 is 0 Å². The molecule has 224 valence electrons. The first-order valence-electron chi connectivity index (χ1n) is 16.6. The van der Waals surface area contributed by atoms with Crippen molar-refractivity contribution in [3.05, 3.63) is 179 Å². The molecule has 0 fully saturated rings. The lowest BCUT2D eigenvalue weighted by Crippen LogP contribution is -2.04. The molecule has 9 rings (SSSR count). The third-order valence-electron chi connectivity index (χ3n) is 10.4. The van der Waals surface area contributed by atoms with E-state index in [1.54, 1.807) is 0 Å². The fourth-order valence-corrected chi connectivity index (χ4v) is 7.96. The minimum Gasteiger partial charge on any atom is -0.354 e. The molecule has 0 unspecified atom stereocenters. The zero-order valence-electron chi connectivity index (χ0n) is 26.8. The number of rotatable bonds is 5. The van der Waals surface area contributed by atoms with Gasteiger partial charge in [-0.25, -0.2) is 0 Å². The third-order valence-corrected chi connectivity index (χ3v) is 10.4. The van der Waals surface area contributed by atoms with Crippen molar-refractivity contribution < 1.29 is 0 Å². The summed E-state index contributed by atoms with van der Waals surface area (Å²) in [6.45, 7) is 4.52. The second kappa shape index (κ2) is 11.0. The Morgan fingerprint density at radius 3 is 1.72 bits per heavy atom. The van der Waals surface area contributed by atoms with E-state index in [0.29, 0.717) is 0 Å². The summed E-state index contributed by atoms with van der Waals surface area (Å²) in [5, 5.41) is 4.16. The first-order valence-corrected chi connectivity index (χ1v) is 16.6. The van der Waals surface area contributed by atoms with Gasteiger partial charge in [-0.3, -0.25) is 0 Å². The Labute approximate surface area is 277 Å². The van der Waals surface area contributed by atoms with E-state index in [9.17, 15) is 0 Å². The summed E-state index contributed by atoms with van der Waals surface area (Å²) in [6.07, 6.45) is 1.86. The highest BCUT2D eigenvalue weighted by Crippen LogP contribution is 2.51. The molecule has 2 aliphatic carbocycles. The molecule has 1 N–H and O–H groups in total. The minimum absolute atomic E-state index is 0.902. The summed E-state index contributed by atoms with van der Waals surface area (Å²) < 4.78 is 0. The van der Waals surface area contributed by atoms with Gasteiger partial charge in [0.05, 0.1) is 5.69 Å². The van der Waals surface area contributed by atoms with Gasteiger partial charge in [-0.15, -0.1) is 0 Å². The lowest BCUT2D eigenvalue weighted by atomic mass is 9.87. The summed E-state index contributed by atoms with van der Waals surface area (Å²) in [5.74, 6) is 0. The molecule has 1 nitrogen and oxygen atoms in total. The van der Waals surface area contributed by atoms with Crippen molar-refractivity contribution in [1.29, 1.82) is 0 Å². The van der Waals surface area contributed by atoms with Crippen molar-refractivity contribution in [1.82, 2.24) is 0 Å². The number of benzene rings is 7. The highest BCUT2D eigenvalue weighted by atomic mass is 14.9. The maximum Gasteiger partial charge on any atom is 0.0512 e. The molecule has 0 aliphatic heterocycles. The number of aryl methyl sites for hydroxylation is 1. The molecule has 47 heavy (non-hydrogen) atoms. The molecular weight excluding hydrogens is 567 g/mol. The fourth-order valence-electron chi connectivity index (χ4n) is 7.96. The molecule has 0 amide bonds. The van der Waals surface area contributed by atoms with E-state index in [-0.39, 0.29) is 0 Å². The van der Waals surface area contributed by atoms with Crippen LogP contribution in [-0.2, 0) is 12.8 Å². The molecule has 0 heterocycles. The van der Waals surface area contributed by atoms with Gasteiger partial charge < -0.3 is 5.32 Å². The molecule has 2 aliphatic rings. The van der Waals surface area contributed by atoms with Crippen LogP contribution in [0.15, 0.2) is 146 Å². The topological polar surface area (TPSA) is 12.0 Å². The standard InChI is InChI=1S/C46H35N/c1-29-24-25-43(44(30(29)2)38-23-13-22-37-35-20-11-9-18-33(35)26-40(37)38)47-46-42-27-34-19-10-12-21-36(34)41(42)28-39(31-14-5-3-6-15-31)45(46)32-16-7-4-8-17-32/h3-25,28,47H,26-27H2,1-2H3. The number of nitrogens with one attached hydrogen (secondary N) is 1. The second-order valence-corrected chi connectivity index (χ2v) is 13.0. The average molecular weight is 602 g/mol. The van der Waals surface area contributed by atoms with Crippen molar-refractivity contribution in [2.75, 3.05) is 5.32 Å². The largest absolute Gasteiger partial charge is 0.354 e. The van der Waals surface area contributed by atoms with E-state index in [1.807, 2.05) is 0 Å². The molecule has 7 aromatic carbocycles.